The number of hydrogen-bond donors (Lipinski definition) is 3. The van der Waals surface area contributed by atoms with Crippen LogP contribution < -0.4 is 10.9 Å². The van der Waals surface area contributed by atoms with Crippen LogP contribution in [0.3, 0.4) is 0 Å². The van der Waals surface area contributed by atoms with Crippen LogP contribution in [0.5, 0.6) is 0 Å². The smallest absolute Gasteiger partial charge is 0.225 e. The number of carbonyl (C=O) groups is 1. The summed E-state index contributed by atoms with van der Waals surface area (Å²) >= 11 is 0. The third-order valence-corrected chi connectivity index (χ3v) is 0.760. The molecule has 48 valence electrons. The molecule has 1 aromatic rings. The van der Waals surface area contributed by atoms with Crippen molar-refractivity contribution in [2.45, 2.75) is 0 Å². The van der Waals surface area contributed by atoms with E-state index in [9.17, 15) is 4.79 Å². The van der Waals surface area contributed by atoms with E-state index in [-0.39, 0.29) is 0 Å². The van der Waals surface area contributed by atoms with Gasteiger partial charge in [-0.15, -0.1) is 0 Å². The Morgan fingerprint density at radius 3 is 3.22 bits per heavy atom. The highest BCUT2D eigenvalue weighted by molar-refractivity contribution is 5.50. The number of H-pyrrole nitrogens is 1. The van der Waals surface area contributed by atoms with Crippen molar-refractivity contribution in [3.63, 3.8) is 0 Å². The molecule has 0 aliphatic heterocycles. The average molecular weight is 126 g/mol. The van der Waals surface area contributed by atoms with Crippen molar-refractivity contribution in [1.82, 2.24) is 15.6 Å². The van der Waals surface area contributed by atoms with Gasteiger partial charge >= 0.3 is 0 Å². The van der Waals surface area contributed by atoms with Crippen LogP contribution in [0, 0.1) is 0 Å². The number of aromatic amines is 1. The van der Waals surface area contributed by atoms with Crippen molar-refractivity contribution in [3.05, 3.63) is 12.3 Å². The summed E-state index contributed by atoms with van der Waals surface area (Å²) in [5.41, 5.74) is 4.75. The van der Waals surface area contributed by atoms with Crippen molar-refractivity contribution in [3.8, 4) is 0 Å². The molecule has 1 amide bonds. The lowest BCUT2D eigenvalue weighted by Crippen LogP contribution is -2.18. The van der Waals surface area contributed by atoms with E-state index >= 15 is 0 Å². The van der Waals surface area contributed by atoms with Crippen LogP contribution in [0.1, 0.15) is 0 Å². The second kappa shape index (κ2) is 2.71. The quantitative estimate of drug-likeness (QED) is 0.377. The second-order valence-corrected chi connectivity index (χ2v) is 1.35. The van der Waals surface area contributed by atoms with Crippen LogP contribution in [0.15, 0.2) is 12.3 Å². The fourth-order valence-electron chi connectivity index (χ4n) is 0.433. The van der Waals surface area contributed by atoms with E-state index < -0.39 is 0 Å². The predicted molar refractivity (Wildman–Crippen MR) is 31.4 cm³/mol. The Bertz CT molecular complexity index is 171. The Morgan fingerprint density at radius 2 is 2.67 bits per heavy atom. The van der Waals surface area contributed by atoms with Gasteiger partial charge in [-0.1, -0.05) is 0 Å². The molecule has 0 spiro atoms. The molecule has 0 radical (unpaired) electrons. The summed E-state index contributed by atoms with van der Waals surface area (Å²) in [7, 11) is 0. The van der Waals surface area contributed by atoms with E-state index in [0.717, 1.165) is 0 Å². The normalized spacial score (nSPS) is 8.44. The van der Waals surface area contributed by atoms with Gasteiger partial charge in [0, 0.05) is 12.3 Å². The fraction of sp³-hybridized carbons (Fsp3) is 0. The highest BCUT2D eigenvalue weighted by Gasteiger charge is 1.86. The maximum absolute atomic E-state index is 9.69. The first-order valence-corrected chi connectivity index (χ1v) is 2.38. The van der Waals surface area contributed by atoms with E-state index in [1.807, 2.05) is 0 Å². The van der Waals surface area contributed by atoms with Crippen molar-refractivity contribution in [2.75, 3.05) is 5.43 Å². The molecule has 9 heavy (non-hydrogen) atoms. The van der Waals surface area contributed by atoms with Crippen LogP contribution in [-0.2, 0) is 4.79 Å². The summed E-state index contributed by atoms with van der Waals surface area (Å²) in [6, 6.07) is 1.69. The summed E-state index contributed by atoms with van der Waals surface area (Å²) in [6.07, 6.45) is 2.18. The number of rotatable bonds is 3. The van der Waals surface area contributed by atoms with Crippen LogP contribution in [0.4, 0.5) is 5.82 Å². The van der Waals surface area contributed by atoms with Crippen molar-refractivity contribution >= 4 is 12.2 Å². The van der Waals surface area contributed by atoms with E-state index in [1.165, 1.54) is 0 Å². The van der Waals surface area contributed by atoms with Crippen molar-refractivity contribution in [1.29, 1.82) is 0 Å². The topological polar surface area (TPSA) is 69.8 Å². The maximum atomic E-state index is 9.69. The molecule has 0 atom stereocenters. The molecular formula is C4H6N4O. The van der Waals surface area contributed by atoms with Gasteiger partial charge in [0.15, 0.2) is 5.82 Å². The van der Waals surface area contributed by atoms with Gasteiger partial charge in [0.1, 0.15) is 0 Å². The zero-order valence-electron chi connectivity index (χ0n) is 4.59. The third kappa shape index (κ3) is 1.45. The molecule has 1 rings (SSSR count). The first-order chi connectivity index (χ1) is 4.43. The molecule has 5 nitrogen and oxygen atoms in total. The Balaban J connectivity index is 2.38. The van der Waals surface area contributed by atoms with Crippen LogP contribution in [0.25, 0.3) is 0 Å². The van der Waals surface area contributed by atoms with Crippen LogP contribution in [0.2, 0.25) is 0 Å². The number of hydrazine groups is 1. The van der Waals surface area contributed by atoms with Crippen LogP contribution in [-0.4, -0.2) is 16.6 Å². The van der Waals surface area contributed by atoms with Gasteiger partial charge in [-0.3, -0.25) is 20.7 Å². The zero-order valence-corrected chi connectivity index (χ0v) is 4.59. The van der Waals surface area contributed by atoms with Gasteiger partial charge < -0.3 is 0 Å². The highest BCUT2D eigenvalue weighted by Crippen LogP contribution is 1.93. The molecule has 0 aliphatic carbocycles. The number of carbonyl (C=O) groups excluding carboxylic acids is 1. The molecule has 0 bridgehead atoms. The van der Waals surface area contributed by atoms with Gasteiger partial charge in [0.05, 0.1) is 0 Å². The Labute approximate surface area is 51.4 Å². The predicted octanol–water partition coefficient (Wildman–Crippen LogP) is -0.517. The molecule has 0 aliphatic rings. The molecule has 0 unspecified atom stereocenters. The summed E-state index contributed by atoms with van der Waals surface area (Å²) in [5.74, 6) is 0.585. The Kier molecular flexibility index (Phi) is 1.69. The second-order valence-electron chi connectivity index (χ2n) is 1.35. The number of nitrogens with zero attached hydrogens (tertiary/aromatic N) is 1. The number of anilines is 1. The first-order valence-electron chi connectivity index (χ1n) is 2.38. The molecule has 0 saturated carbocycles. The molecular weight excluding hydrogens is 120 g/mol. The van der Waals surface area contributed by atoms with Gasteiger partial charge in [-0.05, 0) is 0 Å². The van der Waals surface area contributed by atoms with Gasteiger partial charge in [0.2, 0.25) is 6.41 Å². The number of nitrogens with one attached hydrogen (secondary N) is 3. The monoisotopic (exact) mass is 126 g/mol. The fourth-order valence-corrected chi connectivity index (χ4v) is 0.433. The lowest BCUT2D eigenvalue weighted by molar-refractivity contribution is -0.109. The van der Waals surface area contributed by atoms with Gasteiger partial charge in [-0.25, -0.2) is 0 Å². The highest BCUT2D eigenvalue weighted by atomic mass is 16.1. The SMILES string of the molecule is O=CNNc1cc[nH]n1. The zero-order chi connectivity index (χ0) is 6.53. The van der Waals surface area contributed by atoms with Gasteiger partial charge in [0.25, 0.3) is 0 Å². The summed E-state index contributed by atoms with van der Waals surface area (Å²) in [4.78, 5) is 9.69. The van der Waals surface area contributed by atoms with Crippen LogP contribution >= 0.6 is 0 Å². The summed E-state index contributed by atoms with van der Waals surface area (Å²) in [5, 5.41) is 6.27. The molecule has 0 aromatic carbocycles. The lowest BCUT2D eigenvalue weighted by Gasteiger charge is -1.94. The Morgan fingerprint density at radius 1 is 1.78 bits per heavy atom. The lowest BCUT2D eigenvalue weighted by atomic mass is 10.7. The molecule has 5 heteroatoms. The number of aromatic nitrogens is 2. The van der Waals surface area contributed by atoms with E-state index in [4.69, 9.17) is 0 Å². The molecule has 1 heterocycles. The minimum Gasteiger partial charge on any atom is -0.284 e. The van der Waals surface area contributed by atoms with E-state index in [1.54, 1.807) is 12.3 Å². The average Bonchev–Trinajstić information content (AvgIpc) is 2.34. The molecule has 3 N–H and O–H groups in total. The maximum Gasteiger partial charge on any atom is 0.225 e. The van der Waals surface area contributed by atoms with Crippen molar-refractivity contribution in [2.24, 2.45) is 0 Å². The molecule has 0 saturated heterocycles. The standard InChI is InChI=1S/C4H6N4O/c9-3-6-8-4-1-2-5-7-4/h1-3H,(H,6,9)(H2,5,7,8). The molecule has 0 fully saturated rings. The number of hydrogen-bond acceptors (Lipinski definition) is 3. The van der Waals surface area contributed by atoms with Gasteiger partial charge in [-0.2, -0.15) is 5.10 Å². The third-order valence-electron chi connectivity index (χ3n) is 0.760. The minimum absolute atomic E-state index is 0.536. The first kappa shape index (κ1) is 5.61. The summed E-state index contributed by atoms with van der Waals surface area (Å²) < 4.78 is 0. The molecule has 1 aromatic heterocycles. The summed E-state index contributed by atoms with van der Waals surface area (Å²) in [6.45, 7) is 0. The Hall–Kier alpha value is -1.52. The van der Waals surface area contributed by atoms with E-state index in [2.05, 4.69) is 21.0 Å². The van der Waals surface area contributed by atoms with Crippen molar-refractivity contribution < 1.29 is 4.79 Å². The minimum atomic E-state index is 0.536. The van der Waals surface area contributed by atoms with E-state index in [0.29, 0.717) is 12.2 Å². The number of amides is 1. The largest absolute Gasteiger partial charge is 0.284 e.